The predicted octanol–water partition coefficient (Wildman–Crippen LogP) is 1.95. The number of hydrogen-bond acceptors (Lipinski definition) is 4. The fraction of sp³-hybridized carbons (Fsp3) is 0.571. The lowest BCUT2D eigenvalue weighted by Gasteiger charge is -2.34. The van der Waals surface area contributed by atoms with Crippen LogP contribution in [0.5, 0.6) is 0 Å². The Morgan fingerprint density at radius 2 is 1.86 bits per heavy atom. The topological polar surface area (TPSA) is 66.6 Å². The highest BCUT2D eigenvalue weighted by Crippen LogP contribution is 2.29. The van der Waals surface area contributed by atoms with Gasteiger partial charge in [0.05, 0.1) is 15.6 Å². The maximum Gasteiger partial charge on any atom is 0.243 e. The van der Waals surface area contributed by atoms with E-state index in [-0.39, 0.29) is 4.90 Å². The van der Waals surface area contributed by atoms with Crippen LogP contribution in [-0.2, 0) is 10.0 Å². The van der Waals surface area contributed by atoms with Crippen LogP contribution in [0.2, 0.25) is 5.02 Å². The van der Waals surface area contributed by atoms with E-state index in [4.69, 9.17) is 17.3 Å². The van der Waals surface area contributed by atoms with Crippen LogP contribution in [-0.4, -0.2) is 50.8 Å². The molecule has 2 rings (SSSR count). The van der Waals surface area contributed by atoms with Gasteiger partial charge in [0.1, 0.15) is 0 Å². The standard InChI is InChI=1S/C14H22ClN3O2S/c1-10-8-12(9-13(16)14(10)15)21(19,20)18-6-4-11(5-7-18)17(2)3/h8-9,11H,4-7,16H2,1-3H3. The van der Waals surface area contributed by atoms with Crippen LogP contribution in [0.4, 0.5) is 5.69 Å². The second-order valence-electron chi connectivity index (χ2n) is 5.74. The average Bonchev–Trinajstić information content (AvgIpc) is 2.44. The molecule has 2 N–H and O–H groups in total. The summed E-state index contributed by atoms with van der Waals surface area (Å²) in [6, 6.07) is 3.47. The molecule has 0 amide bonds. The molecule has 0 atom stereocenters. The molecule has 0 spiro atoms. The minimum Gasteiger partial charge on any atom is -0.397 e. The number of hydrogen-bond donors (Lipinski definition) is 1. The van der Waals surface area contributed by atoms with E-state index < -0.39 is 10.0 Å². The first-order valence-corrected chi connectivity index (χ1v) is 8.77. The molecule has 21 heavy (non-hydrogen) atoms. The third kappa shape index (κ3) is 3.34. The number of aryl methyl sites for hydroxylation is 1. The maximum absolute atomic E-state index is 12.7. The van der Waals surface area contributed by atoms with E-state index in [1.54, 1.807) is 13.0 Å². The van der Waals surface area contributed by atoms with Crippen molar-refractivity contribution in [2.75, 3.05) is 32.9 Å². The fourth-order valence-corrected chi connectivity index (χ4v) is 4.36. The van der Waals surface area contributed by atoms with E-state index in [0.29, 0.717) is 35.4 Å². The van der Waals surface area contributed by atoms with Gasteiger partial charge in [0.15, 0.2) is 0 Å². The quantitative estimate of drug-likeness (QED) is 0.860. The van der Waals surface area contributed by atoms with Gasteiger partial charge >= 0.3 is 0 Å². The largest absolute Gasteiger partial charge is 0.397 e. The Labute approximate surface area is 131 Å². The average molecular weight is 332 g/mol. The van der Waals surface area contributed by atoms with Crippen LogP contribution in [0.3, 0.4) is 0 Å². The molecule has 0 aromatic heterocycles. The van der Waals surface area contributed by atoms with Crippen molar-refractivity contribution in [1.29, 1.82) is 0 Å². The minimum atomic E-state index is -3.50. The molecule has 7 heteroatoms. The highest BCUT2D eigenvalue weighted by molar-refractivity contribution is 7.89. The summed E-state index contributed by atoms with van der Waals surface area (Å²) < 4.78 is 26.9. The SMILES string of the molecule is Cc1cc(S(=O)(=O)N2CCC(N(C)C)CC2)cc(N)c1Cl. The molecule has 1 heterocycles. The first-order valence-electron chi connectivity index (χ1n) is 6.95. The molecular formula is C14H22ClN3O2S. The van der Waals surface area contributed by atoms with Crippen molar-refractivity contribution in [3.05, 3.63) is 22.7 Å². The van der Waals surface area contributed by atoms with Gasteiger partial charge in [-0.25, -0.2) is 8.42 Å². The molecule has 1 aromatic rings. The number of benzene rings is 1. The minimum absolute atomic E-state index is 0.227. The van der Waals surface area contributed by atoms with Gasteiger partial charge in [0, 0.05) is 19.1 Å². The Hall–Kier alpha value is -0.820. The fourth-order valence-electron chi connectivity index (χ4n) is 2.66. The lowest BCUT2D eigenvalue weighted by atomic mass is 10.1. The van der Waals surface area contributed by atoms with E-state index >= 15 is 0 Å². The number of nitrogens with two attached hydrogens (primary N) is 1. The highest BCUT2D eigenvalue weighted by Gasteiger charge is 2.30. The second-order valence-corrected chi connectivity index (χ2v) is 8.06. The zero-order valence-electron chi connectivity index (χ0n) is 12.6. The van der Waals surface area contributed by atoms with Gasteiger partial charge in [-0.1, -0.05) is 11.6 Å². The molecule has 0 radical (unpaired) electrons. The number of nitrogens with zero attached hydrogens (tertiary/aromatic N) is 2. The van der Waals surface area contributed by atoms with Crippen molar-refractivity contribution in [2.45, 2.75) is 30.7 Å². The smallest absolute Gasteiger partial charge is 0.243 e. The van der Waals surface area contributed by atoms with E-state index in [1.807, 2.05) is 14.1 Å². The number of piperidine rings is 1. The van der Waals surface area contributed by atoms with Gasteiger partial charge < -0.3 is 10.6 Å². The monoisotopic (exact) mass is 331 g/mol. The van der Waals surface area contributed by atoms with Crippen LogP contribution in [0.15, 0.2) is 17.0 Å². The zero-order valence-corrected chi connectivity index (χ0v) is 14.2. The molecule has 0 saturated carbocycles. The second kappa shape index (κ2) is 6.12. The summed E-state index contributed by atoms with van der Waals surface area (Å²) in [5.41, 5.74) is 6.77. The number of anilines is 1. The van der Waals surface area contributed by atoms with Crippen LogP contribution < -0.4 is 5.73 Å². The van der Waals surface area contributed by atoms with Gasteiger partial charge in [-0.15, -0.1) is 0 Å². The van der Waals surface area contributed by atoms with E-state index in [9.17, 15) is 8.42 Å². The molecule has 0 bridgehead atoms. The Morgan fingerprint density at radius 3 is 2.33 bits per heavy atom. The number of sulfonamides is 1. The van der Waals surface area contributed by atoms with Crippen molar-refractivity contribution in [1.82, 2.24) is 9.21 Å². The van der Waals surface area contributed by atoms with E-state index in [0.717, 1.165) is 12.8 Å². The summed E-state index contributed by atoms with van der Waals surface area (Å²) in [7, 11) is 0.555. The first-order chi connectivity index (χ1) is 9.73. The lowest BCUT2D eigenvalue weighted by Crippen LogP contribution is -2.44. The van der Waals surface area contributed by atoms with Crippen LogP contribution in [0.1, 0.15) is 18.4 Å². The molecule has 5 nitrogen and oxygen atoms in total. The lowest BCUT2D eigenvalue weighted by molar-refractivity contribution is 0.196. The summed E-state index contributed by atoms with van der Waals surface area (Å²) >= 11 is 6.00. The van der Waals surface area contributed by atoms with Crippen molar-refractivity contribution >= 4 is 27.3 Å². The normalized spacial score (nSPS) is 18.3. The summed E-state index contributed by atoms with van der Waals surface area (Å²) in [5, 5.41) is 0.417. The highest BCUT2D eigenvalue weighted by atomic mass is 35.5. The van der Waals surface area contributed by atoms with Crippen molar-refractivity contribution in [3.8, 4) is 0 Å². The van der Waals surface area contributed by atoms with Gasteiger partial charge in [-0.05, 0) is 51.6 Å². The summed E-state index contributed by atoms with van der Waals surface area (Å²) in [6.45, 7) is 2.83. The third-order valence-corrected chi connectivity index (χ3v) is 6.44. The first kappa shape index (κ1) is 16.5. The van der Waals surface area contributed by atoms with Gasteiger partial charge in [-0.2, -0.15) is 4.31 Å². The van der Waals surface area contributed by atoms with Crippen molar-refractivity contribution in [2.24, 2.45) is 0 Å². The van der Waals surface area contributed by atoms with Crippen LogP contribution in [0.25, 0.3) is 0 Å². The van der Waals surface area contributed by atoms with Crippen LogP contribution >= 0.6 is 11.6 Å². The molecule has 1 aliphatic rings. The molecule has 1 fully saturated rings. The molecule has 0 unspecified atom stereocenters. The number of halogens is 1. The zero-order chi connectivity index (χ0) is 15.8. The van der Waals surface area contributed by atoms with Gasteiger partial charge in [-0.3, -0.25) is 0 Å². The Morgan fingerprint density at radius 1 is 1.29 bits per heavy atom. The summed E-state index contributed by atoms with van der Waals surface area (Å²) in [5.74, 6) is 0. The van der Waals surface area contributed by atoms with Gasteiger partial charge in [0.25, 0.3) is 0 Å². The maximum atomic E-state index is 12.7. The Balaban J connectivity index is 2.24. The molecular weight excluding hydrogens is 310 g/mol. The molecule has 1 aliphatic heterocycles. The van der Waals surface area contributed by atoms with E-state index in [2.05, 4.69) is 4.90 Å². The molecule has 0 aliphatic carbocycles. The number of nitrogen functional groups attached to an aromatic ring is 1. The Kier molecular flexibility index (Phi) is 4.82. The molecule has 1 saturated heterocycles. The summed E-state index contributed by atoms with van der Waals surface area (Å²) in [6.07, 6.45) is 1.68. The van der Waals surface area contributed by atoms with Crippen LogP contribution in [0, 0.1) is 6.92 Å². The van der Waals surface area contributed by atoms with Crippen molar-refractivity contribution < 1.29 is 8.42 Å². The summed E-state index contributed by atoms with van der Waals surface area (Å²) in [4.78, 5) is 2.37. The van der Waals surface area contributed by atoms with E-state index in [1.165, 1.54) is 10.4 Å². The predicted molar refractivity (Wildman–Crippen MR) is 86.1 cm³/mol. The number of rotatable bonds is 3. The van der Waals surface area contributed by atoms with Crippen molar-refractivity contribution in [3.63, 3.8) is 0 Å². The third-order valence-electron chi connectivity index (χ3n) is 4.05. The molecule has 1 aromatic carbocycles. The Bertz CT molecular complexity index is 600. The van der Waals surface area contributed by atoms with Gasteiger partial charge in [0.2, 0.25) is 10.0 Å². The molecule has 118 valence electrons.